The number of thiazole rings is 1. The number of rotatable bonds is 8. The van der Waals surface area contributed by atoms with Gasteiger partial charge in [0.05, 0.1) is 43.0 Å². The predicted octanol–water partition coefficient (Wildman–Crippen LogP) is 9.03. The van der Waals surface area contributed by atoms with Crippen molar-refractivity contribution in [1.82, 2.24) is 4.98 Å². The summed E-state index contributed by atoms with van der Waals surface area (Å²) in [5, 5.41) is 2.89. The zero-order chi connectivity index (χ0) is 34.4. The van der Waals surface area contributed by atoms with Gasteiger partial charge in [-0.2, -0.15) is 0 Å². The summed E-state index contributed by atoms with van der Waals surface area (Å²) in [6.45, 7) is 17.2. The predicted molar refractivity (Wildman–Crippen MR) is 192 cm³/mol. The highest BCUT2D eigenvalue weighted by Crippen LogP contribution is 2.41. The molecule has 0 radical (unpaired) electrons. The van der Waals surface area contributed by atoms with Gasteiger partial charge in [-0.3, -0.25) is 9.59 Å². The second-order valence-corrected chi connectivity index (χ2v) is 20.2. The van der Waals surface area contributed by atoms with Gasteiger partial charge in [0.25, 0.3) is 0 Å². The lowest BCUT2D eigenvalue weighted by Crippen LogP contribution is -2.48. The topological polar surface area (TPSA) is 84.0 Å². The Morgan fingerprint density at radius 1 is 1.15 bits per heavy atom. The maximum atomic E-state index is 14.2. The summed E-state index contributed by atoms with van der Waals surface area (Å²) in [5.74, 6) is 0.0224. The normalized spacial score (nSPS) is 25.9. The Morgan fingerprint density at radius 3 is 2.51 bits per heavy atom. The number of ether oxygens (including phenoxy) is 3. The van der Waals surface area contributed by atoms with Gasteiger partial charge in [0, 0.05) is 29.2 Å². The fraction of sp³-hybridized carbons (Fsp3) is 0.553. The van der Waals surface area contributed by atoms with Gasteiger partial charge < -0.3 is 18.6 Å². The van der Waals surface area contributed by atoms with Crippen LogP contribution in [0.4, 0.5) is 0 Å². The van der Waals surface area contributed by atoms with Crippen molar-refractivity contribution in [2.45, 2.75) is 117 Å². The van der Waals surface area contributed by atoms with Crippen molar-refractivity contribution in [3.63, 3.8) is 0 Å². The minimum atomic E-state index is -2.38. The van der Waals surface area contributed by atoms with E-state index in [0.717, 1.165) is 46.9 Å². The Bertz CT molecular complexity index is 1470. The number of carbonyl (C=O) groups is 2. The van der Waals surface area contributed by atoms with E-state index in [1.165, 1.54) is 0 Å². The van der Waals surface area contributed by atoms with Crippen molar-refractivity contribution >= 4 is 37.5 Å². The van der Waals surface area contributed by atoms with Crippen LogP contribution in [-0.2, 0) is 30.1 Å². The molecule has 0 fully saturated rings. The first kappa shape index (κ1) is 37.0. The van der Waals surface area contributed by atoms with Crippen LogP contribution < -0.4 is 4.74 Å². The highest BCUT2D eigenvalue weighted by atomic mass is 32.1. The van der Waals surface area contributed by atoms with Crippen LogP contribution in [0.2, 0.25) is 18.1 Å². The number of Topliss-reactive ketones (excluding diaryl/α,β-unsaturated/α-hetero) is 1. The SMILES string of the molecule is COc1ccc(CO[C@H]2[C@H]3C=C(C(=O)[C@@H]2C)[C@@H](O[Si](C)(C)C(C)(C)C)CC(=O)O[C@H](/C(C)=C/c2csc(C)n2)C/C=C\CCC3)cc1. The van der Waals surface area contributed by atoms with E-state index < -0.39 is 20.5 Å². The highest BCUT2D eigenvalue weighted by molar-refractivity contribution is 7.09. The first-order valence-electron chi connectivity index (χ1n) is 16.8. The molecule has 9 heteroatoms. The third-order valence-electron chi connectivity index (χ3n) is 9.77. The number of hydrogen-bond acceptors (Lipinski definition) is 8. The van der Waals surface area contributed by atoms with E-state index in [-0.39, 0.29) is 41.2 Å². The van der Waals surface area contributed by atoms with Crippen LogP contribution in [0.1, 0.15) is 83.0 Å². The second kappa shape index (κ2) is 16.0. The fourth-order valence-electron chi connectivity index (χ4n) is 5.90. The van der Waals surface area contributed by atoms with Crippen molar-refractivity contribution in [2.24, 2.45) is 11.8 Å². The van der Waals surface area contributed by atoms with Crippen molar-refractivity contribution in [1.29, 1.82) is 0 Å². The molecule has 0 saturated heterocycles. The number of aryl methyl sites for hydroxylation is 1. The quantitative estimate of drug-likeness (QED) is 0.156. The highest BCUT2D eigenvalue weighted by Gasteiger charge is 2.45. The summed E-state index contributed by atoms with van der Waals surface area (Å²) >= 11 is 1.59. The number of hydrogen-bond donors (Lipinski definition) is 0. The lowest BCUT2D eigenvalue weighted by molar-refractivity contribution is -0.148. The van der Waals surface area contributed by atoms with E-state index in [2.05, 4.69) is 57.1 Å². The van der Waals surface area contributed by atoms with Crippen molar-refractivity contribution in [3.8, 4) is 5.75 Å². The van der Waals surface area contributed by atoms with E-state index in [1.807, 2.05) is 56.5 Å². The van der Waals surface area contributed by atoms with Crippen LogP contribution in [0.25, 0.3) is 6.08 Å². The van der Waals surface area contributed by atoms with Gasteiger partial charge in [-0.15, -0.1) is 11.3 Å². The number of esters is 1. The molecule has 2 heterocycles. The minimum absolute atomic E-state index is 0.00770. The molecule has 1 aromatic carbocycles. The number of carbonyl (C=O) groups excluding carboxylic acids is 2. The number of benzene rings is 1. The largest absolute Gasteiger partial charge is 0.497 e. The molecule has 0 unspecified atom stereocenters. The van der Waals surface area contributed by atoms with E-state index in [4.69, 9.17) is 18.6 Å². The zero-order valence-electron chi connectivity index (χ0n) is 29.6. The number of aromatic nitrogens is 1. The van der Waals surface area contributed by atoms with E-state index >= 15 is 0 Å². The maximum absolute atomic E-state index is 14.2. The zero-order valence-corrected chi connectivity index (χ0v) is 31.4. The molecule has 7 nitrogen and oxygen atoms in total. The Labute approximate surface area is 286 Å². The van der Waals surface area contributed by atoms with Crippen LogP contribution in [0, 0.1) is 18.8 Å². The molecule has 4 rings (SSSR count). The Kier molecular flexibility index (Phi) is 12.6. The van der Waals surface area contributed by atoms with E-state index in [0.29, 0.717) is 18.6 Å². The third kappa shape index (κ3) is 9.84. The van der Waals surface area contributed by atoms with Crippen LogP contribution in [0.15, 0.2) is 59.0 Å². The van der Waals surface area contributed by atoms with Gasteiger partial charge in [-0.1, -0.05) is 58.1 Å². The van der Waals surface area contributed by atoms with Crippen LogP contribution in [-0.4, -0.2) is 50.5 Å². The molecule has 0 amide bonds. The molecule has 1 aliphatic heterocycles. The lowest BCUT2D eigenvalue weighted by Gasteiger charge is -2.42. The smallest absolute Gasteiger partial charge is 0.309 e. The Morgan fingerprint density at radius 2 is 1.87 bits per heavy atom. The van der Waals surface area contributed by atoms with Gasteiger partial charge in [0.15, 0.2) is 14.1 Å². The fourth-order valence-corrected chi connectivity index (χ4v) is 7.75. The molecule has 0 N–H and O–H groups in total. The monoisotopic (exact) mass is 679 g/mol. The summed E-state index contributed by atoms with van der Waals surface area (Å²) in [4.78, 5) is 32.5. The summed E-state index contributed by atoms with van der Waals surface area (Å²) < 4.78 is 24.9. The van der Waals surface area contributed by atoms with Gasteiger partial charge in [-0.25, -0.2) is 4.98 Å². The third-order valence-corrected chi connectivity index (χ3v) is 15.0. The number of allylic oxidation sites excluding steroid dienone is 1. The Balaban J connectivity index is 1.65. The molecule has 1 aliphatic carbocycles. The number of methoxy groups -OCH3 is 1. The van der Waals surface area contributed by atoms with E-state index in [1.54, 1.807) is 18.4 Å². The summed E-state index contributed by atoms with van der Waals surface area (Å²) in [5.41, 5.74) is 3.41. The molecule has 47 heavy (non-hydrogen) atoms. The number of fused-ring (bicyclic) bond motifs is 1. The lowest BCUT2D eigenvalue weighted by atomic mass is 9.75. The first-order chi connectivity index (χ1) is 22.2. The van der Waals surface area contributed by atoms with E-state index in [9.17, 15) is 9.59 Å². The molecule has 2 aliphatic rings. The number of cyclic esters (lactones) is 1. The molecule has 0 spiro atoms. The van der Waals surface area contributed by atoms with Crippen LogP contribution in [0.5, 0.6) is 5.75 Å². The molecule has 256 valence electrons. The summed E-state index contributed by atoms with van der Waals surface area (Å²) in [6, 6.07) is 7.82. The second-order valence-electron chi connectivity index (χ2n) is 14.4. The maximum Gasteiger partial charge on any atom is 0.309 e. The molecule has 2 aromatic rings. The molecule has 5 atom stereocenters. The molecule has 2 bridgehead atoms. The Hall–Kier alpha value is -2.85. The minimum Gasteiger partial charge on any atom is -0.497 e. The average Bonchev–Trinajstić information content (AvgIpc) is 3.42. The first-order valence-corrected chi connectivity index (χ1v) is 20.6. The average molecular weight is 680 g/mol. The number of nitrogens with zero attached hydrogens (tertiary/aromatic N) is 1. The van der Waals surface area contributed by atoms with Gasteiger partial charge >= 0.3 is 5.97 Å². The standard InChI is InChI=1S/C38H53NO6SSi/c1-25(20-30-24-46-27(3)39-30)33-15-13-11-10-12-14-29-21-32(34(22-35(40)44-33)45-47(8,9)38(4,5)6)36(41)26(2)37(29)43-23-28-16-18-31(42-7)19-17-28/h11,13,16-21,24,26,29,33-34,37H,10,12,14-15,22-23H2,1-9H3/b13-11-,25-20+/t26-,29+,33-,34-,37+/m0/s1. The molecular formula is C38H53NO6SSi. The van der Waals surface area contributed by atoms with Crippen molar-refractivity contribution in [3.05, 3.63) is 75.3 Å². The summed E-state index contributed by atoms with van der Waals surface area (Å²) in [7, 11) is -0.732. The molecule has 0 saturated carbocycles. The number of ketones is 1. The molecule has 1 aromatic heterocycles. The molecular weight excluding hydrogens is 627 g/mol. The van der Waals surface area contributed by atoms with Crippen LogP contribution >= 0.6 is 11.3 Å². The van der Waals surface area contributed by atoms with Crippen molar-refractivity contribution in [2.75, 3.05) is 7.11 Å². The van der Waals surface area contributed by atoms with Gasteiger partial charge in [0.2, 0.25) is 0 Å². The van der Waals surface area contributed by atoms with Crippen LogP contribution in [0.3, 0.4) is 0 Å². The van der Waals surface area contributed by atoms with Crippen molar-refractivity contribution < 1.29 is 28.2 Å². The van der Waals surface area contributed by atoms with Gasteiger partial charge in [0.1, 0.15) is 11.9 Å². The van der Waals surface area contributed by atoms with Gasteiger partial charge in [-0.05, 0) is 80.6 Å². The summed E-state index contributed by atoms with van der Waals surface area (Å²) in [6.07, 6.45) is 10.2.